The highest BCUT2D eigenvalue weighted by atomic mass is 14.7. The molecule has 0 bridgehead atoms. The maximum Gasteiger partial charge on any atom is 0.0580 e. The third kappa shape index (κ3) is 3.71. The fourth-order valence-corrected chi connectivity index (χ4v) is 0.710. The van der Waals surface area contributed by atoms with Crippen molar-refractivity contribution >= 4 is 11.9 Å². The topological polar surface area (TPSA) is 24.7 Å². The summed E-state index contributed by atoms with van der Waals surface area (Å²) in [4.78, 5) is 8.03. The smallest absolute Gasteiger partial charge is 0.0580 e. The van der Waals surface area contributed by atoms with Gasteiger partial charge in [0, 0.05) is 24.9 Å². The van der Waals surface area contributed by atoms with Crippen LogP contribution in [-0.2, 0) is 0 Å². The van der Waals surface area contributed by atoms with Gasteiger partial charge in [0.05, 0.1) is 5.71 Å². The van der Waals surface area contributed by atoms with Crippen molar-refractivity contribution in [1.82, 2.24) is 0 Å². The Labute approximate surface area is 68.8 Å². The molecule has 0 saturated carbocycles. The predicted octanol–water partition coefficient (Wildman–Crippen LogP) is 2.32. The van der Waals surface area contributed by atoms with Crippen LogP contribution >= 0.6 is 0 Å². The average molecular weight is 152 g/mol. The van der Waals surface area contributed by atoms with E-state index in [1.807, 2.05) is 0 Å². The van der Waals surface area contributed by atoms with Crippen LogP contribution in [0.1, 0.15) is 20.8 Å². The van der Waals surface area contributed by atoms with Crippen LogP contribution in [-0.4, -0.2) is 19.0 Å². The number of hydrogen-bond acceptors (Lipinski definition) is 2. The molecule has 0 fully saturated rings. The minimum atomic E-state index is 0.0707. The Hall–Kier alpha value is -0.920. The highest BCUT2D eigenvalue weighted by Crippen LogP contribution is 2.14. The first-order valence-electron chi connectivity index (χ1n) is 3.63. The molecule has 0 N–H and O–H groups in total. The predicted molar refractivity (Wildman–Crippen MR) is 51.5 cm³/mol. The summed E-state index contributed by atoms with van der Waals surface area (Å²) in [6.45, 7) is 9.80. The van der Waals surface area contributed by atoms with Crippen molar-refractivity contribution in [1.29, 1.82) is 0 Å². The van der Waals surface area contributed by atoms with E-state index in [2.05, 4.69) is 37.3 Å². The summed E-state index contributed by atoms with van der Waals surface area (Å²) in [6.07, 6.45) is 3.25. The van der Waals surface area contributed by atoms with E-state index in [-0.39, 0.29) is 5.41 Å². The van der Waals surface area contributed by atoms with Crippen LogP contribution < -0.4 is 0 Å². The van der Waals surface area contributed by atoms with E-state index < -0.39 is 0 Å². The van der Waals surface area contributed by atoms with Crippen LogP contribution in [0.25, 0.3) is 0 Å². The Kier molecular flexibility index (Phi) is 3.72. The van der Waals surface area contributed by atoms with Crippen LogP contribution in [0.5, 0.6) is 0 Å². The van der Waals surface area contributed by atoms with Gasteiger partial charge in [-0.15, -0.1) is 0 Å². The van der Waals surface area contributed by atoms with Gasteiger partial charge in [-0.3, -0.25) is 9.98 Å². The lowest BCUT2D eigenvalue weighted by Crippen LogP contribution is -2.21. The van der Waals surface area contributed by atoms with Crippen molar-refractivity contribution in [2.75, 3.05) is 7.05 Å². The standard InChI is InChI=1S/C9H16N2/c1-6-11-7-8(10-5)9(2,3)4/h6-7H,1H2,2-5H3/b10-8+,11-7-. The molecule has 2 heteroatoms. The molecule has 0 saturated heterocycles. The van der Waals surface area contributed by atoms with Gasteiger partial charge in [-0.2, -0.15) is 0 Å². The molecule has 0 spiro atoms. The van der Waals surface area contributed by atoms with Crippen molar-refractivity contribution in [3.05, 3.63) is 12.8 Å². The van der Waals surface area contributed by atoms with E-state index in [9.17, 15) is 0 Å². The zero-order valence-corrected chi connectivity index (χ0v) is 7.76. The van der Waals surface area contributed by atoms with Crippen LogP contribution in [0.15, 0.2) is 22.8 Å². The van der Waals surface area contributed by atoms with Gasteiger partial charge in [0.1, 0.15) is 0 Å². The third-order valence-electron chi connectivity index (χ3n) is 1.31. The normalized spacial score (nSPS) is 14.0. The monoisotopic (exact) mass is 152 g/mol. The molecule has 0 aromatic rings. The summed E-state index contributed by atoms with van der Waals surface area (Å²) in [6, 6.07) is 0. The van der Waals surface area contributed by atoms with Gasteiger partial charge in [-0.05, 0) is 0 Å². The van der Waals surface area contributed by atoms with Gasteiger partial charge in [-0.25, -0.2) is 0 Å². The molecule has 62 valence electrons. The van der Waals surface area contributed by atoms with Gasteiger partial charge in [0.15, 0.2) is 0 Å². The van der Waals surface area contributed by atoms with Crippen molar-refractivity contribution in [2.45, 2.75) is 20.8 Å². The fraction of sp³-hybridized carbons (Fsp3) is 0.556. The Morgan fingerprint density at radius 1 is 1.36 bits per heavy atom. The molecule has 0 aliphatic heterocycles. The van der Waals surface area contributed by atoms with Crippen molar-refractivity contribution < 1.29 is 0 Å². The highest BCUT2D eigenvalue weighted by Gasteiger charge is 2.15. The first-order valence-corrected chi connectivity index (χ1v) is 3.63. The molecular formula is C9H16N2. The Morgan fingerprint density at radius 2 is 1.91 bits per heavy atom. The molecule has 0 amide bonds. The van der Waals surface area contributed by atoms with Crippen LogP contribution in [0.2, 0.25) is 0 Å². The highest BCUT2D eigenvalue weighted by molar-refractivity contribution is 6.32. The molecule has 0 unspecified atom stereocenters. The molecule has 0 aliphatic rings. The summed E-state index contributed by atoms with van der Waals surface area (Å²) in [5.74, 6) is 0. The van der Waals surface area contributed by atoms with E-state index in [1.54, 1.807) is 13.3 Å². The lowest BCUT2D eigenvalue weighted by atomic mass is 9.90. The van der Waals surface area contributed by atoms with Gasteiger partial charge in [0.25, 0.3) is 0 Å². The third-order valence-corrected chi connectivity index (χ3v) is 1.31. The second-order valence-corrected chi connectivity index (χ2v) is 3.32. The zero-order valence-electron chi connectivity index (χ0n) is 7.76. The van der Waals surface area contributed by atoms with Crippen molar-refractivity contribution in [3.63, 3.8) is 0 Å². The lowest BCUT2D eigenvalue weighted by molar-refractivity contribution is 0.598. The molecule has 11 heavy (non-hydrogen) atoms. The zero-order chi connectivity index (χ0) is 8.91. The Bertz CT molecular complexity index is 182. The number of rotatable bonds is 2. The van der Waals surface area contributed by atoms with Crippen LogP contribution in [0, 0.1) is 5.41 Å². The van der Waals surface area contributed by atoms with E-state index in [0.29, 0.717) is 0 Å². The first kappa shape index (κ1) is 10.1. The van der Waals surface area contributed by atoms with Crippen LogP contribution in [0.3, 0.4) is 0 Å². The lowest BCUT2D eigenvalue weighted by Gasteiger charge is -2.16. The fourth-order valence-electron chi connectivity index (χ4n) is 0.710. The van der Waals surface area contributed by atoms with Gasteiger partial charge < -0.3 is 0 Å². The van der Waals surface area contributed by atoms with Crippen molar-refractivity contribution in [2.24, 2.45) is 15.4 Å². The summed E-state index contributed by atoms with van der Waals surface area (Å²) in [5, 5.41) is 0. The molecule has 0 radical (unpaired) electrons. The molecule has 0 aromatic heterocycles. The minimum Gasteiger partial charge on any atom is -0.291 e. The van der Waals surface area contributed by atoms with E-state index >= 15 is 0 Å². The maximum absolute atomic E-state index is 4.12. The van der Waals surface area contributed by atoms with Gasteiger partial charge in [0.2, 0.25) is 0 Å². The average Bonchev–Trinajstić information content (AvgIpc) is 1.87. The molecule has 0 heterocycles. The number of hydrogen-bond donors (Lipinski definition) is 0. The number of nitrogens with zero attached hydrogens (tertiary/aromatic N) is 2. The van der Waals surface area contributed by atoms with E-state index in [0.717, 1.165) is 5.71 Å². The summed E-state index contributed by atoms with van der Waals surface area (Å²) in [5.41, 5.74) is 1.05. The molecule has 0 aliphatic carbocycles. The Balaban J connectivity index is 4.45. The molecule has 0 aromatic carbocycles. The van der Waals surface area contributed by atoms with Crippen molar-refractivity contribution in [3.8, 4) is 0 Å². The summed E-state index contributed by atoms with van der Waals surface area (Å²) >= 11 is 0. The van der Waals surface area contributed by atoms with Crippen LogP contribution in [0.4, 0.5) is 0 Å². The summed E-state index contributed by atoms with van der Waals surface area (Å²) < 4.78 is 0. The molecule has 0 atom stereocenters. The second kappa shape index (κ2) is 4.06. The SMILES string of the molecule is C=C/N=C\C(=N/C)C(C)(C)C. The quantitative estimate of drug-likeness (QED) is 0.542. The largest absolute Gasteiger partial charge is 0.291 e. The van der Waals surface area contributed by atoms with E-state index in [1.165, 1.54) is 6.20 Å². The maximum atomic E-state index is 4.12. The molecular weight excluding hydrogens is 136 g/mol. The first-order chi connectivity index (χ1) is 5.02. The van der Waals surface area contributed by atoms with Gasteiger partial charge >= 0.3 is 0 Å². The molecule has 2 nitrogen and oxygen atoms in total. The second-order valence-electron chi connectivity index (χ2n) is 3.32. The van der Waals surface area contributed by atoms with E-state index in [4.69, 9.17) is 0 Å². The molecule has 0 rings (SSSR count). The minimum absolute atomic E-state index is 0.0707. The number of aliphatic imine (C=N–C) groups is 2. The Morgan fingerprint density at radius 3 is 2.18 bits per heavy atom. The summed E-state index contributed by atoms with van der Waals surface area (Å²) in [7, 11) is 1.77. The van der Waals surface area contributed by atoms with Gasteiger partial charge in [-0.1, -0.05) is 27.4 Å².